The van der Waals surface area contributed by atoms with Crippen LogP contribution in [0, 0.1) is 0 Å². The number of carbonyl (C=O) groups is 2. The molecule has 0 atom stereocenters. The summed E-state index contributed by atoms with van der Waals surface area (Å²) in [6.07, 6.45) is 0. The quantitative estimate of drug-likeness (QED) is 0.500. The third kappa shape index (κ3) is 207. The second kappa shape index (κ2) is 27.6. The summed E-state index contributed by atoms with van der Waals surface area (Å²) in [7, 11) is 7.71. The zero-order valence-electron chi connectivity index (χ0n) is 13.6. The fraction of sp³-hybridized carbons (Fsp3) is 0.833. The molecule has 0 aromatic rings. The first-order chi connectivity index (χ1) is 9.00. The fourth-order valence-electron chi connectivity index (χ4n) is 0.400. The third-order valence-electron chi connectivity index (χ3n) is 1.09. The van der Waals surface area contributed by atoms with E-state index in [4.69, 9.17) is 30.0 Å². The molecule has 0 radical (unpaired) electrons. The van der Waals surface area contributed by atoms with Crippen LogP contribution >= 0.6 is 0 Å². The second-order valence-electron chi connectivity index (χ2n) is 4.04. The number of rotatable bonds is 4. The molecule has 132 valence electrons. The van der Waals surface area contributed by atoms with Gasteiger partial charge in [0.1, 0.15) is 0 Å². The molecule has 0 fully saturated rings. The molecule has 0 aliphatic heterocycles. The summed E-state index contributed by atoms with van der Waals surface area (Å²) in [6.45, 7) is 3.99. The van der Waals surface area contributed by atoms with Gasteiger partial charge in [0.15, 0.2) is 0 Å². The maximum Gasteiger partial charge on any atom is 2.00 e. The molecule has 0 amide bonds. The average molecular weight is 355 g/mol. The van der Waals surface area contributed by atoms with E-state index in [1.54, 1.807) is 0 Å². The molecule has 0 unspecified atom stereocenters. The monoisotopic (exact) mass is 354 g/mol. The summed E-state index contributed by atoms with van der Waals surface area (Å²) >= 11 is 0. The first kappa shape index (κ1) is 32.3. The van der Waals surface area contributed by atoms with Gasteiger partial charge in [-0.15, -0.1) is 0 Å². The van der Waals surface area contributed by atoms with Gasteiger partial charge in [0, 0.05) is 25.0 Å². The molecule has 0 spiro atoms. The fourth-order valence-corrected chi connectivity index (χ4v) is 0.400. The van der Waals surface area contributed by atoms with E-state index in [0.717, 1.165) is 26.9 Å². The van der Waals surface area contributed by atoms with Gasteiger partial charge in [-0.05, 0) is 42.0 Å². The van der Waals surface area contributed by atoms with E-state index in [0.29, 0.717) is 0 Å². The van der Waals surface area contributed by atoms with Crippen molar-refractivity contribution in [3.05, 3.63) is 0 Å². The van der Waals surface area contributed by atoms with Crippen molar-refractivity contribution >= 4 is 11.9 Å². The smallest absolute Gasteiger partial charge is 0.550 e. The van der Waals surface area contributed by atoms with Crippen LogP contribution < -0.4 is 10.2 Å². The molecule has 0 bridgehead atoms. The molecule has 0 aliphatic carbocycles. The number of nitrogens with zero attached hydrogens (tertiary/aromatic N) is 2. The van der Waals surface area contributed by atoms with Gasteiger partial charge < -0.3 is 39.8 Å². The molecule has 0 aromatic carbocycles. The first-order valence-corrected chi connectivity index (χ1v) is 5.87. The summed E-state index contributed by atoms with van der Waals surface area (Å²) in [5.41, 5.74) is 0. The Morgan fingerprint density at radius 3 is 0.952 bits per heavy atom. The standard InChI is InChI=1S/2C4H11NO.2C2H4O2.Ni/c2*1-5(2)3-4-6;2*1-2(3)4;/h2*6H,3-4H2,1-2H3;2*1H3,(H,3,4);/q;;;;+2/p-2. The Labute approximate surface area is 137 Å². The molecule has 0 saturated carbocycles. The van der Waals surface area contributed by atoms with Crippen LogP contribution in [-0.2, 0) is 26.1 Å². The van der Waals surface area contributed by atoms with E-state index in [1.165, 1.54) is 0 Å². The van der Waals surface area contributed by atoms with Gasteiger partial charge in [-0.25, -0.2) is 0 Å². The van der Waals surface area contributed by atoms with Crippen molar-refractivity contribution < 1.29 is 46.5 Å². The number of carboxylic acid groups (broad SMARTS) is 2. The molecule has 0 rings (SSSR count). The van der Waals surface area contributed by atoms with Crippen molar-refractivity contribution in [2.24, 2.45) is 0 Å². The van der Waals surface area contributed by atoms with Crippen LogP contribution in [0.1, 0.15) is 13.8 Å². The molecule has 0 aliphatic rings. The Balaban J connectivity index is -0.0000000544. The molecular formula is C12H28N2NiO6. The topological polar surface area (TPSA) is 127 Å². The molecule has 0 saturated heterocycles. The Bertz CT molecular complexity index is 186. The number of aliphatic hydroxyl groups excluding tert-OH is 2. The summed E-state index contributed by atoms with van der Waals surface area (Å²) in [4.78, 5) is 21.6. The average Bonchev–Trinajstić information content (AvgIpc) is 2.15. The van der Waals surface area contributed by atoms with Crippen molar-refractivity contribution in [3.63, 3.8) is 0 Å². The van der Waals surface area contributed by atoms with E-state index in [1.807, 2.05) is 38.0 Å². The maximum absolute atomic E-state index is 8.89. The number of aliphatic carboxylic acids is 2. The van der Waals surface area contributed by atoms with Gasteiger partial charge in [-0.1, -0.05) is 0 Å². The Kier molecular flexibility index (Phi) is 42.4. The van der Waals surface area contributed by atoms with E-state index in [-0.39, 0.29) is 29.7 Å². The van der Waals surface area contributed by atoms with E-state index in [2.05, 4.69) is 0 Å². The van der Waals surface area contributed by atoms with Gasteiger partial charge >= 0.3 is 16.5 Å². The zero-order chi connectivity index (χ0) is 17.1. The molecule has 21 heavy (non-hydrogen) atoms. The Morgan fingerprint density at radius 2 is 0.952 bits per heavy atom. The van der Waals surface area contributed by atoms with Gasteiger partial charge in [-0.2, -0.15) is 0 Å². The predicted molar refractivity (Wildman–Crippen MR) is 72.6 cm³/mol. The van der Waals surface area contributed by atoms with E-state index >= 15 is 0 Å². The van der Waals surface area contributed by atoms with Crippen LogP contribution in [0.2, 0.25) is 0 Å². The number of carbonyl (C=O) groups excluding carboxylic acids is 2. The number of aliphatic hydroxyl groups is 2. The molecular weight excluding hydrogens is 327 g/mol. The zero-order valence-corrected chi connectivity index (χ0v) is 14.6. The number of likely N-dealkylation sites (N-methyl/N-ethyl adjacent to an activating group) is 2. The van der Waals surface area contributed by atoms with Gasteiger partial charge in [0.05, 0.1) is 13.2 Å². The van der Waals surface area contributed by atoms with E-state index in [9.17, 15) is 0 Å². The minimum absolute atomic E-state index is 0. The first-order valence-electron chi connectivity index (χ1n) is 5.87. The van der Waals surface area contributed by atoms with Crippen molar-refractivity contribution in [2.75, 3.05) is 54.5 Å². The summed E-state index contributed by atoms with van der Waals surface area (Å²) in [6, 6.07) is 0. The molecule has 9 heteroatoms. The third-order valence-corrected chi connectivity index (χ3v) is 1.09. The number of hydrogen-bond acceptors (Lipinski definition) is 8. The SMILES string of the molecule is CC(=O)[O-].CC(=O)[O-].CN(C)CCO.CN(C)CCO.[Ni+2]. The van der Waals surface area contributed by atoms with Crippen LogP contribution in [-0.4, -0.2) is 86.4 Å². The number of carboxylic acids is 2. The Hall–Kier alpha value is -0.726. The molecule has 8 nitrogen and oxygen atoms in total. The summed E-state index contributed by atoms with van der Waals surface area (Å²) in [5, 5.41) is 34.2. The van der Waals surface area contributed by atoms with Crippen molar-refractivity contribution in [3.8, 4) is 0 Å². The summed E-state index contributed by atoms with van der Waals surface area (Å²) < 4.78 is 0. The Morgan fingerprint density at radius 1 is 0.810 bits per heavy atom. The molecule has 0 aromatic heterocycles. The normalized spacial score (nSPS) is 8.10. The molecule has 2 N–H and O–H groups in total. The van der Waals surface area contributed by atoms with Gasteiger partial charge in [0.25, 0.3) is 0 Å². The minimum atomic E-state index is -1.08. The van der Waals surface area contributed by atoms with Crippen molar-refractivity contribution in [1.29, 1.82) is 0 Å². The maximum atomic E-state index is 8.89. The number of hydrogen-bond donors (Lipinski definition) is 2. The molecule has 0 heterocycles. The van der Waals surface area contributed by atoms with Gasteiger partial charge in [0.2, 0.25) is 0 Å². The van der Waals surface area contributed by atoms with Gasteiger partial charge in [-0.3, -0.25) is 0 Å². The van der Waals surface area contributed by atoms with Crippen LogP contribution in [0.15, 0.2) is 0 Å². The van der Waals surface area contributed by atoms with Crippen LogP contribution in [0.4, 0.5) is 0 Å². The van der Waals surface area contributed by atoms with Crippen LogP contribution in [0.25, 0.3) is 0 Å². The van der Waals surface area contributed by atoms with Crippen molar-refractivity contribution in [2.45, 2.75) is 13.8 Å². The summed E-state index contributed by atoms with van der Waals surface area (Å²) in [5.74, 6) is -2.17. The largest absolute Gasteiger partial charge is 2.00 e. The van der Waals surface area contributed by atoms with Crippen LogP contribution in [0.5, 0.6) is 0 Å². The van der Waals surface area contributed by atoms with Crippen molar-refractivity contribution in [1.82, 2.24) is 9.80 Å². The minimum Gasteiger partial charge on any atom is -0.550 e. The van der Waals surface area contributed by atoms with E-state index < -0.39 is 11.9 Å². The predicted octanol–water partition coefficient (Wildman–Crippen LogP) is -3.41. The second-order valence-corrected chi connectivity index (χ2v) is 4.04. The van der Waals surface area contributed by atoms with Crippen LogP contribution in [0.3, 0.4) is 0 Å².